The van der Waals surface area contributed by atoms with Crippen LogP contribution in [0.2, 0.25) is 0 Å². The predicted molar refractivity (Wildman–Crippen MR) is 100 cm³/mol. The number of carboxylic acid groups (broad SMARTS) is 5. The van der Waals surface area contributed by atoms with E-state index in [2.05, 4.69) is 0 Å². The highest BCUT2D eigenvalue weighted by Crippen LogP contribution is 2.02. The Kier molecular flexibility index (Phi) is 11.5. The van der Waals surface area contributed by atoms with E-state index in [-0.39, 0.29) is 0 Å². The molecule has 17 nitrogen and oxygen atoms in total. The molecule has 17 heteroatoms. The van der Waals surface area contributed by atoms with Crippen molar-refractivity contribution in [1.29, 1.82) is 0 Å². The standard InChI is InChI=1S/C16H22N4O13/c17-5(1-9(21)22)13(29)18-6(2-10(23)24)14(30)19-7(3-11(25)26)15(31)20-8(16(32)33)4-12(27)28/h5-8H,1-4,17H2,(H,18,29)(H,19,30)(H,20,31)(H,21,22)(H,23,24)(H,25,26)(H,27,28)(H,32,33)/t5-,6-,7-,8-/m1/s1. The maximum Gasteiger partial charge on any atom is 0.326 e. The average Bonchev–Trinajstić information content (AvgIpc) is 2.64. The van der Waals surface area contributed by atoms with Gasteiger partial charge >= 0.3 is 29.8 Å². The highest BCUT2D eigenvalue weighted by Gasteiger charge is 2.33. The summed E-state index contributed by atoms with van der Waals surface area (Å²) in [4.78, 5) is 91.1. The quantitative estimate of drug-likeness (QED) is 0.108. The van der Waals surface area contributed by atoms with E-state index in [4.69, 9.17) is 31.3 Å². The van der Waals surface area contributed by atoms with E-state index in [0.29, 0.717) is 0 Å². The van der Waals surface area contributed by atoms with Gasteiger partial charge in [-0.2, -0.15) is 0 Å². The Bertz CT molecular complexity index is 827. The summed E-state index contributed by atoms with van der Waals surface area (Å²) in [6.07, 6.45) is -4.13. The Morgan fingerprint density at radius 2 is 0.818 bits per heavy atom. The highest BCUT2D eigenvalue weighted by atomic mass is 16.4. The van der Waals surface area contributed by atoms with Gasteiger partial charge in [-0.3, -0.25) is 33.6 Å². The molecule has 0 spiro atoms. The van der Waals surface area contributed by atoms with E-state index >= 15 is 0 Å². The monoisotopic (exact) mass is 478 g/mol. The average molecular weight is 478 g/mol. The van der Waals surface area contributed by atoms with Crippen LogP contribution in [-0.4, -0.2) is 97.3 Å². The molecule has 0 bridgehead atoms. The second-order valence-electron chi connectivity index (χ2n) is 6.52. The SMILES string of the molecule is N[C@H](CC(=O)O)C(=O)N[C@H](CC(=O)O)C(=O)N[C@H](CC(=O)O)C(=O)N[C@H](CC(=O)O)C(=O)O. The molecule has 0 fully saturated rings. The molecular formula is C16H22N4O13. The second kappa shape index (κ2) is 13.2. The molecule has 0 aliphatic heterocycles. The molecule has 0 rings (SSSR count). The molecule has 4 atom stereocenters. The molecule has 0 aliphatic rings. The number of nitrogens with one attached hydrogen (secondary N) is 3. The summed E-state index contributed by atoms with van der Waals surface area (Å²) >= 11 is 0. The molecular weight excluding hydrogens is 456 g/mol. The van der Waals surface area contributed by atoms with Gasteiger partial charge in [-0.15, -0.1) is 0 Å². The lowest BCUT2D eigenvalue weighted by molar-refractivity contribution is -0.148. The van der Waals surface area contributed by atoms with Crippen molar-refractivity contribution in [3.8, 4) is 0 Å². The first-order chi connectivity index (χ1) is 15.1. The van der Waals surface area contributed by atoms with Crippen molar-refractivity contribution in [3.05, 3.63) is 0 Å². The lowest BCUT2D eigenvalue weighted by Crippen LogP contribution is -2.58. The van der Waals surface area contributed by atoms with Gasteiger partial charge in [0, 0.05) is 0 Å². The fourth-order valence-corrected chi connectivity index (χ4v) is 2.25. The Balaban J connectivity index is 5.58. The lowest BCUT2D eigenvalue weighted by atomic mass is 10.1. The van der Waals surface area contributed by atoms with Crippen molar-refractivity contribution < 1.29 is 63.9 Å². The molecule has 0 saturated carbocycles. The van der Waals surface area contributed by atoms with Gasteiger partial charge in [0.1, 0.15) is 18.1 Å². The summed E-state index contributed by atoms with van der Waals surface area (Å²) in [7, 11) is 0. The Hall–Kier alpha value is -4.28. The third-order valence-corrected chi connectivity index (χ3v) is 3.75. The third kappa shape index (κ3) is 11.6. The molecule has 0 saturated heterocycles. The Morgan fingerprint density at radius 3 is 1.15 bits per heavy atom. The van der Waals surface area contributed by atoms with Crippen molar-refractivity contribution in [2.24, 2.45) is 5.73 Å². The van der Waals surface area contributed by atoms with Crippen molar-refractivity contribution in [1.82, 2.24) is 16.0 Å². The first-order valence-corrected chi connectivity index (χ1v) is 8.90. The highest BCUT2D eigenvalue weighted by molar-refractivity contribution is 5.97. The van der Waals surface area contributed by atoms with Gasteiger partial charge in [0.25, 0.3) is 0 Å². The van der Waals surface area contributed by atoms with Crippen molar-refractivity contribution in [2.45, 2.75) is 49.9 Å². The van der Waals surface area contributed by atoms with Crippen LogP contribution in [0.4, 0.5) is 0 Å². The minimum Gasteiger partial charge on any atom is -0.481 e. The lowest BCUT2D eigenvalue weighted by Gasteiger charge is -2.23. The van der Waals surface area contributed by atoms with Gasteiger partial charge in [0.05, 0.1) is 31.7 Å². The minimum atomic E-state index is -1.99. The number of carboxylic acids is 5. The van der Waals surface area contributed by atoms with Crippen LogP contribution in [0, 0.1) is 0 Å². The van der Waals surface area contributed by atoms with E-state index in [1.54, 1.807) is 5.32 Å². The molecule has 0 unspecified atom stereocenters. The van der Waals surface area contributed by atoms with Crippen LogP contribution in [0.25, 0.3) is 0 Å². The van der Waals surface area contributed by atoms with Crippen LogP contribution in [0.3, 0.4) is 0 Å². The first kappa shape index (κ1) is 28.7. The number of carbonyl (C=O) groups excluding carboxylic acids is 3. The minimum absolute atomic E-state index is 0.864. The summed E-state index contributed by atoms with van der Waals surface area (Å²) in [5.41, 5.74) is 5.32. The summed E-state index contributed by atoms with van der Waals surface area (Å²) < 4.78 is 0. The zero-order valence-electron chi connectivity index (χ0n) is 16.7. The topological polar surface area (TPSA) is 300 Å². The molecule has 33 heavy (non-hydrogen) atoms. The van der Waals surface area contributed by atoms with Gasteiger partial charge < -0.3 is 47.2 Å². The molecule has 3 amide bonds. The number of amides is 3. The first-order valence-electron chi connectivity index (χ1n) is 8.90. The molecule has 184 valence electrons. The number of hydrogen-bond donors (Lipinski definition) is 9. The van der Waals surface area contributed by atoms with Crippen molar-refractivity contribution in [2.75, 3.05) is 0 Å². The van der Waals surface area contributed by atoms with Gasteiger partial charge in [0.15, 0.2) is 0 Å². The Morgan fingerprint density at radius 1 is 0.515 bits per heavy atom. The second-order valence-corrected chi connectivity index (χ2v) is 6.52. The van der Waals surface area contributed by atoms with Crippen LogP contribution < -0.4 is 21.7 Å². The molecule has 0 aliphatic carbocycles. The van der Waals surface area contributed by atoms with Crippen LogP contribution in [0.1, 0.15) is 25.7 Å². The summed E-state index contributed by atoms with van der Waals surface area (Å²) in [5.74, 6) is -12.1. The number of rotatable bonds is 15. The largest absolute Gasteiger partial charge is 0.481 e. The van der Waals surface area contributed by atoms with Gasteiger partial charge in [-0.05, 0) is 0 Å². The maximum atomic E-state index is 12.4. The number of hydrogen-bond acceptors (Lipinski definition) is 9. The van der Waals surface area contributed by atoms with E-state index in [1.165, 1.54) is 0 Å². The summed E-state index contributed by atoms with van der Waals surface area (Å²) in [6.45, 7) is 0. The van der Waals surface area contributed by atoms with Crippen LogP contribution in [0.15, 0.2) is 0 Å². The van der Waals surface area contributed by atoms with E-state index in [9.17, 15) is 38.4 Å². The molecule has 0 aromatic carbocycles. The fraction of sp³-hybridized carbons (Fsp3) is 0.500. The maximum absolute atomic E-state index is 12.4. The normalized spacial score (nSPS) is 14.0. The molecule has 0 aromatic rings. The predicted octanol–water partition coefficient (Wildman–Crippen LogP) is -4.25. The van der Waals surface area contributed by atoms with Crippen LogP contribution in [-0.2, 0) is 38.4 Å². The van der Waals surface area contributed by atoms with Gasteiger partial charge in [-0.1, -0.05) is 0 Å². The molecule has 0 heterocycles. The van der Waals surface area contributed by atoms with Crippen LogP contribution >= 0.6 is 0 Å². The zero-order chi connectivity index (χ0) is 25.9. The van der Waals surface area contributed by atoms with Crippen molar-refractivity contribution in [3.63, 3.8) is 0 Å². The molecule has 0 radical (unpaired) electrons. The number of carbonyl (C=O) groups is 8. The van der Waals surface area contributed by atoms with E-state index in [0.717, 1.165) is 0 Å². The summed E-state index contributed by atoms with van der Waals surface area (Å²) in [6, 6.07) is -7.57. The van der Waals surface area contributed by atoms with E-state index < -0.39 is 97.4 Å². The Labute approximate surface area is 183 Å². The van der Waals surface area contributed by atoms with Gasteiger partial charge in [0.2, 0.25) is 17.7 Å². The molecule has 0 aromatic heterocycles. The van der Waals surface area contributed by atoms with E-state index in [1.807, 2.05) is 10.6 Å². The third-order valence-electron chi connectivity index (χ3n) is 3.75. The fourth-order valence-electron chi connectivity index (χ4n) is 2.25. The number of aliphatic carboxylic acids is 5. The van der Waals surface area contributed by atoms with Crippen molar-refractivity contribution >= 4 is 47.6 Å². The van der Waals surface area contributed by atoms with Crippen LogP contribution in [0.5, 0.6) is 0 Å². The summed E-state index contributed by atoms with van der Waals surface area (Å²) in [5, 5.41) is 49.6. The molecule has 10 N–H and O–H groups in total. The smallest absolute Gasteiger partial charge is 0.326 e. The number of nitrogens with two attached hydrogens (primary N) is 1. The van der Waals surface area contributed by atoms with Gasteiger partial charge in [-0.25, -0.2) is 4.79 Å². The zero-order valence-corrected chi connectivity index (χ0v) is 16.7.